The molecular weight excluding hydrogens is 104 g/mol. The molecule has 48 valence electrons. The van der Waals surface area contributed by atoms with Gasteiger partial charge in [0.2, 0.25) is 0 Å². The van der Waals surface area contributed by atoms with Gasteiger partial charge < -0.3 is 9.47 Å². The predicted molar refractivity (Wildman–Crippen MR) is 30.5 cm³/mol. The van der Waals surface area contributed by atoms with Gasteiger partial charge in [0.15, 0.2) is 6.29 Å². The Hall–Kier alpha value is -0.0800. The summed E-state index contributed by atoms with van der Waals surface area (Å²) < 4.78 is 10.0. The zero-order chi connectivity index (χ0) is 5.98. The lowest BCUT2D eigenvalue weighted by Gasteiger charge is -2.34. The summed E-state index contributed by atoms with van der Waals surface area (Å²) in [4.78, 5) is 0. The van der Waals surface area contributed by atoms with Gasteiger partial charge in [-0.25, -0.2) is 0 Å². The van der Waals surface area contributed by atoms with E-state index in [0.717, 1.165) is 6.61 Å². The molecule has 2 nitrogen and oxygen atoms in total. The van der Waals surface area contributed by atoms with Crippen molar-refractivity contribution >= 4 is 0 Å². The molecule has 0 aromatic carbocycles. The van der Waals surface area contributed by atoms with Crippen LogP contribution in [0, 0.1) is 5.92 Å². The van der Waals surface area contributed by atoms with Crippen LogP contribution in [0.15, 0.2) is 0 Å². The molecule has 1 heterocycles. The Bertz CT molecular complexity index is 58.9. The maximum absolute atomic E-state index is 5.06. The summed E-state index contributed by atoms with van der Waals surface area (Å²) in [5.74, 6) is 0.653. The molecule has 8 heavy (non-hydrogen) atoms. The molecule has 0 aromatic rings. The van der Waals surface area contributed by atoms with E-state index in [1.54, 1.807) is 7.11 Å². The van der Waals surface area contributed by atoms with Crippen LogP contribution in [-0.4, -0.2) is 20.0 Å². The van der Waals surface area contributed by atoms with Crippen molar-refractivity contribution < 1.29 is 9.47 Å². The molecule has 1 rings (SSSR count). The highest BCUT2D eigenvalue weighted by Crippen LogP contribution is 2.23. The topological polar surface area (TPSA) is 18.5 Å². The molecule has 1 aliphatic heterocycles. The lowest BCUT2D eigenvalue weighted by atomic mass is 10.0. The smallest absolute Gasteiger partial charge is 0.162 e. The molecule has 2 heteroatoms. The van der Waals surface area contributed by atoms with E-state index in [1.165, 1.54) is 6.42 Å². The first-order valence-electron chi connectivity index (χ1n) is 3.03. The summed E-state index contributed by atoms with van der Waals surface area (Å²) in [7, 11) is 1.69. The third kappa shape index (κ3) is 0.858. The molecule has 0 N–H and O–H groups in total. The Balaban J connectivity index is 2.16. The van der Waals surface area contributed by atoms with E-state index >= 15 is 0 Å². The standard InChI is InChI=1S/C6H12O2/c1-3-5-4-8-6(5)7-2/h5-6H,3-4H2,1-2H3. The number of hydrogen-bond acceptors (Lipinski definition) is 2. The van der Waals surface area contributed by atoms with E-state index in [9.17, 15) is 0 Å². The maximum atomic E-state index is 5.06. The van der Waals surface area contributed by atoms with Gasteiger partial charge in [-0.3, -0.25) is 0 Å². The fourth-order valence-corrected chi connectivity index (χ4v) is 0.882. The van der Waals surface area contributed by atoms with Crippen LogP contribution in [0.3, 0.4) is 0 Å². The summed E-state index contributed by atoms with van der Waals surface area (Å²) in [6, 6.07) is 0. The van der Waals surface area contributed by atoms with Crippen LogP contribution in [-0.2, 0) is 9.47 Å². The average molecular weight is 116 g/mol. The molecule has 0 spiro atoms. The molecule has 1 fully saturated rings. The minimum Gasteiger partial charge on any atom is -0.356 e. The Morgan fingerprint density at radius 1 is 1.75 bits per heavy atom. The monoisotopic (exact) mass is 116 g/mol. The van der Waals surface area contributed by atoms with E-state index < -0.39 is 0 Å². The first-order valence-corrected chi connectivity index (χ1v) is 3.03. The van der Waals surface area contributed by atoms with Crippen molar-refractivity contribution in [3.05, 3.63) is 0 Å². The van der Waals surface area contributed by atoms with Crippen LogP contribution >= 0.6 is 0 Å². The highest BCUT2D eigenvalue weighted by atomic mass is 16.7. The van der Waals surface area contributed by atoms with E-state index in [4.69, 9.17) is 9.47 Å². The fourth-order valence-electron chi connectivity index (χ4n) is 0.882. The number of hydrogen-bond donors (Lipinski definition) is 0. The minimum atomic E-state index is 0.0972. The molecule has 0 amide bonds. The van der Waals surface area contributed by atoms with Crippen molar-refractivity contribution in [2.24, 2.45) is 5.92 Å². The minimum absolute atomic E-state index is 0.0972. The highest BCUT2D eigenvalue weighted by molar-refractivity contribution is 4.68. The number of methoxy groups -OCH3 is 1. The van der Waals surface area contributed by atoms with E-state index in [-0.39, 0.29) is 6.29 Å². The van der Waals surface area contributed by atoms with Gasteiger partial charge >= 0.3 is 0 Å². The van der Waals surface area contributed by atoms with Gasteiger partial charge in [-0.2, -0.15) is 0 Å². The number of ether oxygens (including phenoxy) is 2. The van der Waals surface area contributed by atoms with Gasteiger partial charge in [-0.1, -0.05) is 6.92 Å². The maximum Gasteiger partial charge on any atom is 0.162 e. The van der Waals surface area contributed by atoms with Crippen LogP contribution in [0.4, 0.5) is 0 Å². The summed E-state index contributed by atoms with van der Waals surface area (Å²) in [5.41, 5.74) is 0. The van der Waals surface area contributed by atoms with Gasteiger partial charge in [-0.15, -0.1) is 0 Å². The zero-order valence-electron chi connectivity index (χ0n) is 5.39. The Morgan fingerprint density at radius 3 is 2.62 bits per heavy atom. The van der Waals surface area contributed by atoms with Crippen molar-refractivity contribution in [1.29, 1.82) is 0 Å². The second-order valence-corrected chi connectivity index (χ2v) is 2.11. The summed E-state index contributed by atoms with van der Waals surface area (Å²) in [6.45, 7) is 3.04. The van der Waals surface area contributed by atoms with Crippen LogP contribution in [0.25, 0.3) is 0 Å². The van der Waals surface area contributed by atoms with E-state index in [1.807, 2.05) is 0 Å². The van der Waals surface area contributed by atoms with Crippen molar-refractivity contribution in [2.45, 2.75) is 19.6 Å². The zero-order valence-corrected chi connectivity index (χ0v) is 5.39. The van der Waals surface area contributed by atoms with Gasteiger partial charge in [0.1, 0.15) is 0 Å². The van der Waals surface area contributed by atoms with Gasteiger partial charge in [-0.05, 0) is 6.42 Å². The number of rotatable bonds is 2. The molecule has 0 radical (unpaired) electrons. The third-order valence-corrected chi connectivity index (χ3v) is 1.62. The average Bonchev–Trinajstić information content (AvgIpc) is 1.66. The first kappa shape index (κ1) is 6.05. The summed E-state index contributed by atoms with van der Waals surface area (Å²) >= 11 is 0. The third-order valence-electron chi connectivity index (χ3n) is 1.62. The van der Waals surface area contributed by atoms with Crippen LogP contribution in [0.1, 0.15) is 13.3 Å². The Kier molecular flexibility index (Phi) is 1.86. The predicted octanol–water partition coefficient (Wildman–Crippen LogP) is 1.02. The molecule has 0 saturated carbocycles. The largest absolute Gasteiger partial charge is 0.356 e. The van der Waals surface area contributed by atoms with Gasteiger partial charge in [0.05, 0.1) is 6.61 Å². The lowest BCUT2D eigenvalue weighted by molar-refractivity contribution is -0.247. The van der Waals surface area contributed by atoms with Crippen molar-refractivity contribution in [1.82, 2.24) is 0 Å². The molecule has 2 unspecified atom stereocenters. The Morgan fingerprint density at radius 2 is 2.50 bits per heavy atom. The van der Waals surface area contributed by atoms with Crippen molar-refractivity contribution in [3.8, 4) is 0 Å². The molecule has 1 saturated heterocycles. The molecule has 2 atom stereocenters. The fraction of sp³-hybridized carbons (Fsp3) is 1.00. The molecular formula is C6H12O2. The molecule has 0 bridgehead atoms. The Labute approximate surface area is 49.8 Å². The van der Waals surface area contributed by atoms with Crippen LogP contribution < -0.4 is 0 Å². The summed E-state index contributed by atoms with van der Waals surface area (Å²) in [5, 5.41) is 0. The van der Waals surface area contributed by atoms with Crippen LogP contribution in [0.5, 0.6) is 0 Å². The van der Waals surface area contributed by atoms with E-state index in [2.05, 4.69) is 6.92 Å². The first-order chi connectivity index (χ1) is 3.88. The quantitative estimate of drug-likeness (QED) is 0.536. The lowest BCUT2D eigenvalue weighted by Crippen LogP contribution is -2.40. The second-order valence-electron chi connectivity index (χ2n) is 2.11. The molecule has 0 aliphatic carbocycles. The van der Waals surface area contributed by atoms with Crippen molar-refractivity contribution in [2.75, 3.05) is 13.7 Å². The van der Waals surface area contributed by atoms with Gasteiger partial charge in [0.25, 0.3) is 0 Å². The summed E-state index contributed by atoms with van der Waals surface area (Å²) in [6.07, 6.45) is 1.26. The second kappa shape index (κ2) is 2.46. The van der Waals surface area contributed by atoms with Crippen molar-refractivity contribution in [3.63, 3.8) is 0 Å². The van der Waals surface area contributed by atoms with Gasteiger partial charge in [0, 0.05) is 13.0 Å². The molecule has 0 aromatic heterocycles. The van der Waals surface area contributed by atoms with E-state index in [0.29, 0.717) is 5.92 Å². The normalized spacial score (nSPS) is 36.8. The van der Waals surface area contributed by atoms with Crippen LogP contribution in [0.2, 0.25) is 0 Å². The highest BCUT2D eigenvalue weighted by Gasteiger charge is 2.29. The molecule has 1 aliphatic rings. The SMILES string of the molecule is CCC1COC1OC.